The lowest BCUT2D eigenvalue weighted by atomic mass is 10.1. The second kappa shape index (κ2) is 4.53. The van der Waals surface area contributed by atoms with Gasteiger partial charge in [0.05, 0.1) is 5.69 Å². The highest BCUT2D eigenvalue weighted by Gasteiger charge is 2.24. The van der Waals surface area contributed by atoms with Gasteiger partial charge in [-0.05, 0) is 37.0 Å². The molecule has 1 atom stereocenters. The Labute approximate surface area is 105 Å². The van der Waals surface area contributed by atoms with E-state index in [1.807, 2.05) is 19.1 Å². The Morgan fingerprint density at radius 1 is 1.50 bits per heavy atom. The van der Waals surface area contributed by atoms with Crippen LogP contribution in [0.1, 0.15) is 35.0 Å². The van der Waals surface area contributed by atoms with Gasteiger partial charge in [-0.15, -0.1) is 0 Å². The number of fused-ring (bicyclic) bond motifs is 1. The van der Waals surface area contributed by atoms with E-state index < -0.39 is 0 Å². The Morgan fingerprint density at radius 2 is 2.39 bits per heavy atom. The smallest absolute Gasteiger partial charge is 0.133 e. The molecule has 0 radical (unpaired) electrons. The van der Waals surface area contributed by atoms with E-state index in [0.29, 0.717) is 6.54 Å². The minimum absolute atomic E-state index is 0.0888. The largest absolute Gasteiger partial charge is 0.361 e. The van der Waals surface area contributed by atoms with Gasteiger partial charge in [0.25, 0.3) is 0 Å². The van der Waals surface area contributed by atoms with Gasteiger partial charge in [0.2, 0.25) is 0 Å². The molecule has 1 aromatic heterocycles. The number of nitrogens with one attached hydrogen (secondary N) is 1. The number of hydrogen-bond donors (Lipinski definition) is 1. The van der Waals surface area contributed by atoms with E-state index >= 15 is 0 Å². The fourth-order valence-corrected chi connectivity index (χ4v) is 2.55. The molecule has 18 heavy (non-hydrogen) atoms. The standard InChI is InChI=1S/C14H15FN2O/c1-9-7-10(17-18-9)8-16-14-6-5-11-12(14)3-2-4-13(11)15/h2-4,7,14,16H,5-6,8H2,1H3. The number of benzene rings is 1. The van der Waals surface area contributed by atoms with Gasteiger partial charge in [-0.3, -0.25) is 0 Å². The number of hydrogen-bond acceptors (Lipinski definition) is 3. The van der Waals surface area contributed by atoms with Crippen LogP contribution in [0.25, 0.3) is 0 Å². The zero-order chi connectivity index (χ0) is 12.5. The molecule has 0 aliphatic heterocycles. The summed E-state index contributed by atoms with van der Waals surface area (Å²) in [4.78, 5) is 0. The predicted molar refractivity (Wildman–Crippen MR) is 65.5 cm³/mol. The van der Waals surface area contributed by atoms with Crippen molar-refractivity contribution in [2.24, 2.45) is 0 Å². The summed E-state index contributed by atoms with van der Waals surface area (Å²) in [6.45, 7) is 2.52. The molecule has 0 amide bonds. The highest BCUT2D eigenvalue weighted by Crippen LogP contribution is 2.32. The summed E-state index contributed by atoms with van der Waals surface area (Å²) in [5, 5.41) is 7.34. The van der Waals surface area contributed by atoms with Gasteiger partial charge in [-0.1, -0.05) is 17.3 Å². The lowest BCUT2D eigenvalue weighted by Gasteiger charge is -2.12. The number of rotatable bonds is 3. The first-order valence-electron chi connectivity index (χ1n) is 6.17. The van der Waals surface area contributed by atoms with Gasteiger partial charge in [0.15, 0.2) is 0 Å². The summed E-state index contributed by atoms with van der Waals surface area (Å²) in [5.41, 5.74) is 2.82. The molecule has 1 heterocycles. The third kappa shape index (κ3) is 2.04. The van der Waals surface area contributed by atoms with Crippen molar-refractivity contribution in [3.05, 3.63) is 52.7 Å². The third-order valence-corrected chi connectivity index (χ3v) is 3.42. The average molecular weight is 246 g/mol. The van der Waals surface area contributed by atoms with Crippen LogP contribution in [0.5, 0.6) is 0 Å². The van der Waals surface area contributed by atoms with E-state index in [4.69, 9.17) is 4.52 Å². The molecule has 0 saturated carbocycles. The van der Waals surface area contributed by atoms with E-state index in [0.717, 1.165) is 35.4 Å². The van der Waals surface area contributed by atoms with Crippen molar-refractivity contribution in [3.63, 3.8) is 0 Å². The number of aryl methyl sites for hydroxylation is 1. The quantitative estimate of drug-likeness (QED) is 0.905. The molecule has 3 nitrogen and oxygen atoms in total. The van der Waals surface area contributed by atoms with Crippen molar-refractivity contribution < 1.29 is 8.91 Å². The van der Waals surface area contributed by atoms with Crippen molar-refractivity contribution in [1.29, 1.82) is 0 Å². The second-order valence-electron chi connectivity index (χ2n) is 4.71. The molecule has 1 aromatic carbocycles. The molecule has 2 aromatic rings. The first-order valence-corrected chi connectivity index (χ1v) is 6.17. The highest BCUT2D eigenvalue weighted by atomic mass is 19.1. The molecule has 4 heteroatoms. The molecule has 94 valence electrons. The van der Waals surface area contributed by atoms with Crippen LogP contribution < -0.4 is 5.32 Å². The van der Waals surface area contributed by atoms with Crippen LogP contribution in [0, 0.1) is 12.7 Å². The van der Waals surface area contributed by atoms with Crippen LogP contribution in [-0.2, 0) is 13.0 Å². The lowest BCUT2D eigenvalue weighted by molar-refractivity contribution is 0.385. The van der Waals surface area contributed by atoms with Gasteiger partial charge < -0.3 is 9.84 Å². The topological polar surface area (TPSA) is 38.1 Å². The van der Waals surface area contributed by atoms with Crippen molar-refractivity contribution in [2.45, 2.75) is 32.4 Å². The van der Waals surface area contributed by atoms with Crippen LogP contribution in [0.4, 0.5) is 4.39 Å². The summed E-state index contributed by atoms with van der Waals surface area (Å²) in [5.74, 6) is 0.721. The maximum absolute atomic E-state index is 13.6. The zero-order valence-electron chi connectivity index (χ0n) is 10.2. The molecule has 0 saturated heterocycles. The first-order chi connectivity index (χ1) is 8.74. The van der Waals surface area contributed by atoms with Crippen LogP contribution in [0.15, 0.2) is 28.8 Å². The fraction of sp³-hybridized carbons (Fsp3) is 0.357. The van der Waals surface area contributed by atoms with Crippen molar-refractivity contribution in [1.82, 2.24) is 10.5 Å². The summed E-state index contributed by atoms with van der Waals surface area (Å²) >= 11 is 0. The molecule has 1 aliphatic carbocycles. The van der Waals surface area contributed by atoms with E-state index in [2.05, 4.69) is 10.5 Å². The second-order valence-corrected chi connectivity index (χ2v) is 4.71. The number of nitrogens with zero attached hydrogens (tertiary/aromatic N) is 1. The SMILES string of the molecule is Cc1cc(CNC2CCc3c(F)cccc32)no1. The van der Waals surface area contributed by atoms with Crippen molar-refractivity contribution in [3.8, 4) is 0 Å². The Morgan fingerprint density at radius 3 is 3.17 bits per heavy atom. The Kier molecular flexibility index (Phi) is 2.88. The van der Waals surface area contributed by atoms with Gasteiger partial charge >= 0.3 is 0 Å². The fourth-order valence-electron chi connectivity index (χ4n) is 2.55. The van der Waals surface area contributed by atoms with E-state index in [9.17, 15) is 4.39 Å². The minimum Gasteiger partial charge on any atom is -0.361 e. The van der Waals surface area contributed by atoms with Gasteiger partial charge in [0.1, 0.15) is 11.6 Å². The van der Waals surface area contributed by atoms with Crippen molar-refractivity contribution in [2.75, 3.05) is 0 Å². The zero-order valence-corrected chi connectivity index (χ0v) is 10.2. The summed E-state index contributed by atoms with van der Waals surface area (Å²) in [7, 11) is 0. The van der Waals surface area contributed by atoms with Gasteiger partial charge in [-0.25, -0.2) is 4.39 Å². The summed E-state index contributed by atoms with van der Waals surface area (Å²) in [6.07, 6.45) is 1.74. The molecule has 3 rings (SSSR count). The van der Waals surface area contributed by atoms with Crippen LogP contribution in [0.2, 0.25) is 0 Å². The van der Waals surface area contributed by atoms with Crippen LogP contribution in [0.3, 0.4) is 0 Å². The molecular formula is C14H15FN2O. The predicted octanol–water partition coefficient (Wildman–Crippen LogP) is 2.90. The third-order valence-electron chi connectivity index (χ3n) is 3.42. The lowest BCUT2D eigenvalue weighted by Crippen LogP contribution is -2.18. The molecule has 0 bridgehead atoms. The molecule has 1 unspecified atom stereocenters. The molecule has 1 N–H and O–H groups in total. The Hall–Kier alpha value is -1.68. The first kappa shape index (κ1) is 11.4. The van der Waals surface area contributed by atoms with Crippen LogP contribution >= 0.6 is 0 Å². The van der Waals surface area contributed by atoms with E-state index in [1.165, 1.54) is 6.07 Å². The molecule has 0 fully saturated rings. The van der Waals surface area contributed by atoms with Crippen LogP contribution in [-0.4, -0.2) is 5.16 Å². The minimum atomic E-state index is -0.0888. The summed E-state index contributed by atoms with van der Waals surface area (Å²) < 4.78 is 18.6. The van der Waals surface area contributed by atoms with Gasteiger partial charge in [-0.2, -0.15) is 0 Å². The number of halogens is 1. The average Bonchev–Trinajstić information content (AvgIpc) is 2.94. The monoisotopic (exact) mass is 246 g/mol. The molecular weight excluding hydrogens is 231 g/mol. The maximum atomic E-state index is 13.6. The number of aromatic nitrogens is 1. The Balaban J connectivity index is 1.71. The van der Waals surface area contributed by atoms with E-state index in [1.54, 1.807) is 6.07 Å². The maximum Gasteiger partial charge on any atom is 0.133 e. The normalized spacial score (nSPS) is 18.0. The summed E-state index contributed by atoms with van der Waals surface area (Å²) in [6, 6.07) is 7.43. The van der Waals surface area contributed by atoms with E-state index in [-0.39, 0.29) is 11.9 Å². The molecule has 1 aliphatic rings. The highest BCUT2D eigenvalue weighted by molar-refractivity contribution is 5.35. The Bertz CT molecular complexity index is 565. The molecule has 0 spiro atoms. The van der Waals surface area contributed by atoms with Gasteiger partial charge in [0, 0.05) is 18.7 Å². The van der Waals surface area contributed by atoms with Crippen molar-refractivity contribution >= 4 is 0 Å².